The third-order valence-corrected chi connectivity index (χ3v) is 7.38. The van der Waals surface area contributed by atoms with Gasteiger partial charge in [-0.3, -0.25) is 0 Å². The van der Waals surface area contributed by atoms with Crippen molar-refractivity contribution in [3.05, 3.63) is 136 Å². The zero-order valence-corrected chi connectivity index (χ0v) is 22.3. The van der Waals surface area contributed by atoms with Crippen LogP contribution in [0.4, 0.5) is 0 Å². The van der Waals surface area contributed by atoms with Crippen molar-refractivity contribution in [1.82, 2.24) is 0 Å². The lowest BCUT2D eigenvalue weighted by molar-refractivity contribution is 0.0693. The van der Waals surface area contributed by atoms with Gasteiger partial charge in [-0.05, 0) is 51.3 Å². The molecule has 1 atom stereocenters. The molecule has 190 valence electrons. The molecule has 3 nitrogen and oxygen atoms in total. The molecule has 0 aliphatic rings. The summed E-state index contributed by atoms with van der Waals surface area (Å²) in [4.78, 5) is 12.3. The van der Waals surface area contributed by atoms with Crippen molar-refractivity contribution in [3.8, 4) is 5.75 Å². The van der Waals surface area contributed by atoms with Crippen molar-refractivity contribution in [1.29, 1.82) is 0 Å². The predicted molar refractivity (Wildman–Crippen MR) is 151 cm³/mol. The molecule has 0 saturated carbocycles. The number of aromatic hydroxyl groups is 1. The van der Waals surface area contributed by atoms with Crippen LogP contribution in [0.5, 0.6) is 5.75 Å². The molecule has 0 heterocycles. The number of carboxylic acid groups (broad SMARTS) is 1. The van der Waals surface area contributed by atoms with E-state index in [1.807, 2.05) is 36.4 Å². The lowest BCUT2D eigenvalue weighted by Crippen LogP contribution is -2.10. The Kier molecular flexibility index (Phi) is 7.83. The van der Waals surface area contributed by atoms with E-state index in [1.54, 1.807) is 6.07 Å². The van der Waals surface area contributed by atoms with E-state index in [2.05, 4.69) is 83.1 Å². The minimum absolute atomic E-state index is 0.0362. The van der Waals surface area contributed by atoms with E-state index in [-0.39, 0.29) is 23.1 Å². The molecule has 0 aromatic heterocycles. The van der Waals surface area contributed by atoms with Gasteiger partial charge >= 0.3 is 5.97 Å². The van der Waals surface area contributed by atoms with Crippen molar-refractivity contribution in [2.45, 2.75) is 58.3 Å². The van der Waals surface area contributed by atoms with Gasteiger partial charge in [-0.1, -0.05) is 120 Å². The molecule has 1 unspecified atom stereocenters. The quantitative estimate of drug-likeness (QED) is 0.242. The fourth-order valence-electron chi connectivity index (χ4n) is 4.95. The molecule has 3 heteroatoms. The number of carboxylic acids is 1. The van der Waals surface area contributed by atoms with E-state index in [0.717, 1.165) is 22.3 Å². The van der Waals surface area contributed by atoms with Gasteiger partial charge in [0, 0.05) is 17.4 Å². The van der Waals surface area contributed by atoms with Crippen molar-refractivity contribution >= 4 is 5.97 Å². The Balaban J connectivity index is 1.94. The standard InChI is InChI=1S/C34H36O3/c1-21(2)24-11-15-27(16-12-24)32(28-17-13-25(14-18-28)22(3)4)30-19-29(20-31(33(30)35)34(36)37)23(5)26-9-7-6-8-10-26/h6-23,32,35H,1-5H3,(H,36,37). The first-order valence-electron chi connectivity index (χ1n) is 13.0. The minimum atomic E-state index is -1.13. The Morgan fingerprint density at radius 3 is 1.49 bits per heavy atom. The van der Waals surface area contributed by atoms with E-state index >= 15 is 0 Å². The zero-order chi connectivity index (χ0) is 26.7. The normalized spacial score (nSPS) is 12.3. The average Bonchev–Trinajstić information content (AvgIpc) is 2.90. The summed E-state index contributed by atoms with van der Waals surface area (Å²) in [6, 6.07) is 30.5. The molecule has 0 aliphatic heterocycles. The van der Waals surface area contributed by atoms with Gasteiger partial charge < -0.3 is 10.2 Å². The molecule has 0 spiro atoms. The summed E-state index contributed by atoms with van der Waals surface area (Å²) in [6.07, 6.45) is 0. The van der Waals surface area contributed by atoms with E-state index in [1.165, 1.54) is 11.1 Å². The molecule has 2 N–H and O–H groups in total. The van der Waals surface area contributed by atoms with Crippen molar-refractivity contribution in [2.24, 2.45) is 0 Å². The summed E-state index contributed by atoms with van der Waals surface area (Å²) < 4.78 is 0. The maximum atomic E-state index is 12.3. The smallest absolute Gasteiger partial charge is 0.339 e. The van der Waals surface area contributed by atoms with Crippen LogP contribution in [-0.4, -0.2) is 16.2 Å². The highest BCUT2D eigenvalue weighted by Gasteiger charge is 2.26. The molecule has 4 aromatic rings. The van der Waals surface area contributed by atoms with Crippen LogP contribution in [0.1, 0.15) is 108 Å². The second-order valence-corrected chi connectivity index (χ2v) is 10.5. The number of carbonyl (C=O) groups is 1. The molecular formula is C34H36O3. The zero-order valence-electron chi connectivity index (χ0n) is 22.3. The average molecular weight is 493 g/mol. The van der Waals surface area contributed by atoms with Crippen molar-refractivity contribution in [3.63, 3.8) is 0 Å². The summed E-state index contributed by atoms with van der Waals surface area (Å²) in [7, 11) is 0. The van der Waals surface area contributed by atoms with Gasteiger partial charge in [0.25, 0.3) is 0 Å². The van der Waals surface area contributed by atoms with Gasteiger partial charge in [0.15, 0.2) is 0 Å². The summed E-state index contributed by atoms with van der Waals surface area (Å²) in [5, 5.41) is 21.4. The minimum Gasteiger partial charge on any atom is -0.507 e. The lowest BCUT2D eigenvalue weighted by Gasteiger charge is -2.24. The Morgan fingerprint density at radius 1 is 0.595 bits per heavy atom. The van der Waals surface area contributed by atoms with Crippen LogP contribution in [0.3, 0.4) is 0 Å². The highest BCUT2D eigenvalue weighted by molar-refractivity contribution is 5.92. The highest BCUT2D eigenvalue weighted by atomic mass is 16.4. The molecule has 0 fully saturated rings. The number of benzene rings is 4. The molecule has 0 amide bonds. The van der Waals surface area contributed by atoms with Crippen LogP contribution in [0.15, 0.2) is 91.0 Å². The monoisotopic (exact) mass is 492 g/mol. The molecule has 37 heavy (non-hydrogen) atoms. The lowest BCUT2D eigenvalue weighted by atomic mass is 9.80. The Bertz CT molecular complexity index is 1300. The van der Waals surface area contributed by atoms with Crippen LogP contribution in [0.2, 0.25) is 0 Å². The summed E-state index contributed by atoms with van der Waals surface area (Å²) in [6.45, 7) is 10.7. The fraction of sp³-hybridized carbons (Fsp3) is 0.265. The topological polar surface area (TPSA) is 57.5 Å². The molecule has 4 aromatic carbocycles. The van der Waals surface area contributed by atoms with Gasteiger partial charge in [0.1, 0.15) is 11.3 Å². The summed E-state index contributed by atoms with van der Waals surface area (Å²) in [5.74, 6) is -0.860. The van der Waals surface area contributed by atoms with Crippen molar-refractivity contribution in [2.75, 3.05) is 0 Å². The van der Waals surface area contributed by atoms with Crippen LogP contribution in [0.25, 0.3) is 0 Å². The summed E-state index contributed by atoms with van der Waals surface area (Å²) in [5.41, 5.74) is 6.98. The number of phenols is 1. The second kappa shape index (κ2) is 11.0. The number of hydrogen-bond acceptors (Lipinski definition) is 2. The predicted octanol–water partition coefficient (Wildman–Crippen LogP) is 8.67. The molecule has 0 radical (unpaired) electrons. The van der Waals surface area contributed by atoms with Crippen molar-refractivity contribution < 1.29 is 15.0 Å². The Hall–Kier alpha value is -3.85. The second-order valence-electron chi connectivity index (χ2n) is 10.5. The van der Waals surface area contributed by atoms with E-state index < -0.39 is 5.97 Å². The third kappa shape index (κ3) is 5.61. The van der Waals surface area contributed by atoms with Crippen LogP contribution >= 0.6 is 0 Å². The Morgan fingerprint density at radius 2 is 1.05 bits per heavy atom. The van der Waals surface area contributed by atoms with E-state index in [9.17, 15) is 15.0 Å². The molecule has 0 aliphatic carbocycles. The van der Waals surface area contributed by atoms with E-state index in [0.29, 0.717) is 17.4 Å². The Labute approximate surface area is 220 Å². The maximum Gasteiger partial charge on any atom is 0.339 e. The molecular weight excluding hydrogens is 456 g/mol. The molecule has 0 saturated heterocycles. The van der Waals surface area contributed by atoms with Gasteiger partial charge in [0.05, 0.1) is 0 Å². The molecule has 0 bridgehead atoms. The number of aromatic carboxylic acids is 1. The molecule has 4 rings (SSSR count). The number of hydrogen-bond donors (Lipinski definition) is 2. The maximum absolute atomic E-state index is 12.3. The van der Waals surface area contributed by atoms with Crippen LogP contribution < -0.4 is 0 Å². The fourth-order valence-corrected chi connectivity index (χ4v) is 4.95. The van der Waals surface area contributed by atoms with Crippen LogP contribution in [0, 0.1) is 0 Å². The van der Waals surface area contributed by atoms with Gasteiger partial charge in [0.2, 0.25) is 0 Å². The first-order valence-corrected chi connectivity index (χ1v) is 13.0. The SMILES string of the molecule is CC(C)c1ccc(C(c2ccc(C(C)C)cc2)c2cc(C(C)c3ccccc3)cc(C(=O)O)c2O)cc1. The van der Waals surface area contributed by atoms with Gasteiger partial charge in [-0.15, -0.1) is 0 Å². The largest absolute Gasteiger partial charge is 0.507 e. The first-order chi connectivity index (χ1) is 17.7. The summed E-state index contributed by atoms with van der Waals surface area (Å²) >= 11 is 0. The van der Waals surface area contributed by atoms with Crippen LogP contribution in [-0.2, 0) is 0 Å². The first kappa shape index (κ1) is 26.2. The highest BCUT2D eigenvalue weighted by Crippen LogP contribution is 2.41. The van der Waals surface area contributed by atoms with E-state index in [4.69, 9.17) is 0 Å². The number of rotatable bonds is 8. The van der Waals surface area contributed by atoms with Gasteiger partial charge in [-0.2, -0.15) is 0 Å². The third-order valence-electron chi connectivity index (χ3n) is 7.38. The van der Waals surface area contributed by atoms with Gasteiger partial charge in [-0.25, -0.2) is 4.79 Å².